The number of aromatic nitrogens is 2. The number of nitrogens with zero attached hydrogens (tertiary/aromatic N) is 3. The number of ether oxygens (including phenoxy) is 1. The van der Waals surface area contributed by atoms with Gasteiger partial charge >= 0.3 is 0 Å². The molecule has 0 saturated heterocycles. The van der Waals surface area contributed by atoms with Gasteiger partial charge in [-0.25, -0.2) is 23.5 Å². The fourth-order valence-electron chi connectivity index (χ4n) is 5.69. The van der Waals surface area contributed by atoms with E-state index in [2.05, 4.69) is 25.9 Å². The van der Waals surface area contributed by atoms with Crippen molar-refractivity contribution in [1.29, 1.82) is 0 Å². The molecular formula is C35H41N7O8S2. The highest BCUT2D eigenvalue weighted by atomic mass is 32.2. The van der Waals surface area contributed by atoms with Crippen LogP contribution in [0, 0.1) is 12.8 Å². The molecule has 4 bridgehead atoms. The predicted molar refractivity (Wildman–Crippen MR) is 191 cm³/mol. The van der Waals surface area contributed by atoms with Crippen molar-refractivity contribution >= 4 is 45.0 Å². The molecule has 5 rings (SSSR count). The molecule has 5 N–H and O–H groups in total. The molecule has 17 heteroatoms. The molecule has 4 amide bonds. The molecule has 0 unspecified atom stereocenters. The third-order valence-corrected chi connectivity index (χ3v) is 10.3. The van der Waals surface area contributed by atoms with E-state index in [1.54, 1.807) is 12.3 Å². The summed E-state index contributed by atoms with van der Waals surface area (Å²) in [6.45, 7) is 5.53. The molecular weight excluding hydrogens is 711 g/mol. The van der Waals surface area contributed by atoms with Gasteiger partial charge in [0.2, 0.25) is 21.8 Å². The van der Waals surface area contributed by atoms with Crippen LogP contribution in [0.15, 0.2) is 63.2 Å². The minimum Gasteiger partial charge on any atom is -0.496 e. The Morgan fingerprint density at radius 2 is 1.83 bits per heavy atom. The molecule has 0 aliphatic carbocycles. The van der Waals surface area contributed by atoms with E-state index in [1.165, 1.54) is 35.5 Å². The summed E-state index contributed by atoms with van der Waals surface area (Å²) in [5.74, 6) is -1.48. The van der Waals surface area contributed by atoms with E-state index in [4.69, 9.17) is 14.3 Å². The number of hydrogen-bond acceptors (Lipinski definition) is 11. The average molecular weight is 752 g/mol. The summed E-state index contributed by atoms with van der Waals surface area (Å²) in [6.07, 6.45) is 0.514. The largest absolute Gasteiger partial charge is 0.496 e. The van der Waals surface area contributed by atoms with Gasteiger partial charge in [-0.05, 0) is 43.0 Å². The molecule has 276 valence electrons. The smallest absolute Gasteiger partial charge is 0.274 e. The Bertz CT molecular complexity index is 2050. The number of nitrogens with one attached hydrogen (secondary N) is 3. The van der Waals surface area contributed by atoms with Crippen molar-refractivity contribution in [2.75, 3.05) is 26.7 Å². The number of thiazole rings is 1. The number of nitrogens with two attached hydrogens (primary N) is 1. The maximum absolute atomic E-state index is 13.9. The number of rotatable bonds is 6. The van der Waals surface area contributed by atoms with Gasteiger partial charge in [-0.15, -0.1) is 11.3 Å². The lowest BCUT2D eigenvalue weighted by molar-refractivity contribution is -0.122. The van der Waals surface area contributed by atoms with Gasteiger partial charge in [-0.2, -0.15) is 0 Å². The third kappa shape index (κ3) is 9.20. The first-order valence-corrected chi connectivity index (χ1v) is 19.0. The lowest BCUT2D eigenvalue weighted by Crippen LogP contribution is -2.40. The van der Waals surface area contributed by atoms with E-state index in [9.17, 15) is 27.6 Å². The summed E-state index contributed by atoms with van der Waals surface area (Å²) in [5.41, 5.74) is 1.05. The van der Waals surface area contributed by atoms with Crippen LogP contribution >= 0.6 is 11.3 Å². The lowest BCUT2D eigenvalue weighted by atomic mass is 10.0. The van der Waals surface area contributed by atoms with Crippen LogP contribution in [0.2, 0.25) is 0 Å². The number of hydrogen-bond donors (Lipinski definition) is 4. The zero-order valence-corrected chi connectivity index (χ0v) is 30.8. The Morgan fingerprint density at radius 1 is 1.08 bits per heavy atom. The molecule has 0 fully saturated rings. The maximum Gasteiger partial charge on any atom is 0.274 e. The molecule has 1 aliphatic rings. The van der Waals surface area contributed by atoms with Crippen LogP contribution < -0.4 is 25.8 Å². The Balaban J connectivity index is 1.49. The van der Waals surface area contributed by atoms with Gasteiger partial charge in [0.05, 0.1) is 23.6 Å². The fourth-order valence-corrected chi connectivity index (χ4v) is 7.25. The number of carbonyl (C=O) groups excluding carboxylic acids is 4. The standard InChI is InChI=1S/C35H41N7O8S2/c1-20(2)29-34-39-26(19-51-34)31(44)37-14-16-42(35(46)24-18-23(52(36,47)48)12-13-27(24)49-4)15-8-11-28(43)38-25(17-22-9-6-5-7-10-22)33-41-30(21(3)50-33)32(45)40-29/h5-7,9-10,12-13,18-20,25,29H,8,11,14-17H2,1-4H3,(H,37,44)(H,38,43)(H,40,45)(H2,36,47,48)/t25-,29-/m0/s1. The van der Waals surface area contributed by atoms with Crippen LogP contribution in [-0.2, 0) is 21.2 Å². The maximum atomic E-state index is 13.9. The molecule has 0 saturated carbocycles. The minimum absolute atomic E-state index is 0.00558. The van der Waals surface area contributed by atoms with Crippen LogP contribution in [-0.4, -0.2) is 73.7 Å². The molecule has 2 aromatic heterocycles. The van der Waals surface area contributed by atoms with Gasteiger partial charge in [0.1, 0.15) is 28.3 Å². The SMILES string of the molecule is COc1ccc(S(N)(=O)=O)cc1C(=O)N1CCCC(=O)N[C@@H](Cc2ccccc2)c2nc(c(C)o2)C(=O)N[C@@H](C(C)C)c2nc(cs2)C(=O)NCC1. The van der Waals surface area contributed by atoms with E-state index >= 15 is 0 Å². The predicted octanol–water partition coefficient (Wildman–Crippen LogP) is 3.29. The molecule has 0 radical (unpaired) electrons. The first-order valence-electron chi connectivity index (χ1n) is 16.6. The van der Waals surface area contributed by atoms with Crippen molar-refractivity contribution in [1.82, 2.24) is 30.8 Å². The molecule has 2 aromatic carbocycles. The Morgan fingerprint density at radius 3 is 2.52 bits per heavy atom. The van der Waals surface area contributed by atoms with Crippen LogP contribution in [0.1, 0.15) is 92.3 Å². The lowest BCUT2D eigenvalue weighted by Gasteiger charge is -2.24. The van der Waals surface area contributed by atoms with Gasteiger partial charge in [0.15, 0.2) is 5.69 Å². The average Bonchev–Trinajstić information content (AvgIpc) is 3.76. The second-order valence-corrected chi connectivity index (χ2v) is 15.0. The summed E-state index contributed by atoms with van der Waals surface area (Å²) < 4.78 is 35.6. The Hall–Kier alpha value is -5.13. The topological polar surface area (TPSA) is 216 Å². The number of aryl methyl sites for hydroxylation is 1. The summed E-state index contributed by atoms with van der Waals surface area (Å²) in [6, 6.07) is 11.9. The Kier molecular flexibility index (Phi) is 12.1. The number of sulfonamides is 1. The van der Waals surface area contributed by atoms with Crippen molar-refractivity contribution < 1.29 is 36.7 Å². The quantitative estimate of drug-likeness (QED) is 0.226. The number of benzene rings is 2. The van der Waals surface area contributed by atoms with Crippen molar-refractivity contribution in [3.05, 3.63) is 93.1 Å². The number of methoxy groups -OCH3 is 1. The first-order chi connectivity index (χ1) is 24.7. The second kappa shape index (κ2) is 16.5. The number of amides is 4. The normalized spacial score (nSPS) is 18.0. The van der Waals surface area contributed by atoms with Crippen LogP contribution in [0.25, 0.3) is 0 Å². The molecule has 0 spiro atoms. The van der Waals surface area contributed by atoms with E-state index in [0.717, 1.165) is 11.6 Å². The van der Waals surface area contributed by atoms with Crippen LogP contribution in [0.3, 0.4) is 0 Å². The monoisotopic (exact) mass is 751 g/mol. The van der Waals surface area contributed by atoms with E-state index < -0.39 is 39.8 Å². The van der Waals surface area contributed by atoms with Gasteiger partial charge < -0.3 is 30.0 Å². The summed E-state index contributed by atoms with van der Waals surface area (Å²) in [5, 5.41) is 16.2. The van der Waals surface area contributed by atoms with Crippen molar-refractivity contribution in [3.63, 3.8) is 0 Å². The third-order valence-electron chi connectivity index (χ3n) is 8.43. The van der Waals surface area contributed by atoms with Gasteiger partial charge in [-0.1, -0.05) is 44.2 Å². The minimum atomic E-state index is -4.14. The number of oxazole rings is 1. The van der Waals surface area contributed by atoms with E-state index in [0.29, 0.717) is 11.4 Å². The van der Waals surface area contributed by atoms with Crippen LogP contribution in [0.5, 0.6) is 5.75 Å². The summed E-state index contributed by atoms with van der Waals surface area (Å²) in [4.78, 5) is 64.3. The molecule has 2 atom stereocenters. The second-order valence-electron chi connectivity index (χ2n) is 12.6. The van der Waals surface area contributed by atoms with Gasteiger partial charge in [0.25, 0.3) is 17.7 Å². The van der Waals surface area contributed by atoms with Crippen molar-refractivity contribution in [2.24, 2.45) is 11.1 Å². The van der Waals surface area contributed by atoms with Crippen molar-refractivity contribution in [3.8, 4) is 5.75 Å². The summed E-state index contributed by atoms with van der Waals surface area (Å²) in [7, 11) is -2.80. The van der Waals surface area contributed by atoms with Gasteiger partial charge in [-0.3, -0.25) is 19.2 Å². The molecule has 3 heterocycles. The highest BCUT2D eigenvalue weighted by molar-refractivity contribution is 7.89. The Labute approximate surface area is 305 Å². The number of carbonyl (C=O) groups is 4. The molecule has 52 heavy (non-hydrogen) atoms. The van der Waals surface area contributed by atoms with Crippen LogP contribution in [0.4, 0.5) is 0 Å². The zero-order chi connectivity index (χ0) is 37.6. The highest BCUT2D eigenvalue weighted by Gasteiger charge is 2.29. The van der Waals surface area contributed by atoms with E-state index in [-0.39, 0.29) is 83.5 Å². The van der Waals surface area contributed by atoms with Crippen molar-refractivity contribution in [2.45, 2.75) is 57.0 Å². The summed E-state index contributed by atoms with van der Waals surface area (Å²) >= 11 is 1.22. The molecule has 15 nitrogen and oxygen atoms in total. The van der Waals surface area contributed by atoms with Gasteiger partial charge in [0, 0.05) is 37.9 Å². The zero-order valence-electron chi connectivity index (χ0n) is 29.2. The highest BCUT2D eigenvalue weighted by Crippen LogP contribution is 2.28. The number of fused-ring (bicyclic) bond motifs is 4. The molecule has 4 aromatic rings. The first kappa shape index (κ1) is 38.1. The number of primary sulfonamides is 1. The molecule has 1 aliphatic heterocycles. The fraction of sp³-hybridized carbons (Fsp3) is 0.371. The van der Waals surface area contributed by atoms with E-state index in [1.807, 2.05) is 44.2 Å².